The third-order valence-corrected chi connectivity index (χ3v) is 3.68. The minimum absolute atomic E-state index is 0.814. The van der Waals surface area contributed by atoms with Crippen molar-refractivity contribution >= 4 is 21.6 Å². The zero-order valence-electron chi connectivity index (χ0n) is 11.4. The van der Waals surface area contributed by atoms with Gasteiger partial charge in [-0.2, -0.15) is 0 Å². The van der Waals surface area contributed by atoms with Crippen molar-refractivity contribution in [1.29, 1.82) is 0 Å². The topological polar surface area (TPSA) is 29.3 Å². The van der Waals surface area contributed by atoms with Gasteiger partial charge in [-0.3, -0.25) is 4.90 Å². The average molecular weight is 319 g/mol. The smallest absolute Gasteiger partial charge is 0.0314 e. The molecule has 0 saturated carbocycles. The van der Waals surface area contributed by atoms with Crippen molar-refractivity contribution < 1.29 is 0 Å². The monoisotopic (exact) mass is 318 g/mol. The standard InChI is InChI=1S/C16H19BrN2/c1-12-3-6-15(17)9-14(12)11-19(2)10-13-4-7-16(18)8-5-13/h3-9H,10-11,18H2,1-2H3. The van der Waals surface area contributed by atoms with Crippen molar-refractivity contribution in [2.45, 2.75) is 20.0 Å². The summed E-state index contributed by atoms with van der Waals surface area (Å²) >= 11 is 3.53. The first-order chi connectivity index (χ1) is 9.04. The molecule has 0 atom stereocenters. The average Bonchev–Trinajstić information content (AvgIpc) is 2.37. The van der Waals surface area contributed by atoms with Crippen LogP contribution in [0.4, 0.5) is 5.69 Å². The van der Waals surface area contributed by atoms with Crippen molar-refractivity contribution in [1.82, 2.24) is 4.90 Å². The third-order valence-electron chi connectivity index (χ3n) is 3.18. The fourth-order valence-electron chi connectivity index (χ4n) is 2.09. The molecule has 0 aliphatic rings. The third kappa shape index (κ3) is 4.08. The predicted octanol–water partition coefficient (Wildman–Crippen LogP) is 3.97. The second kappa shape index (κ2) is 6.22. The molecular formula is C16H19BrN2. The van der Waals surface area contributed by atoms with Gasteiger partial charge in [0.1, 0.15) is 0 Å². The zero-order valence-corrected chi connectivity index (χ0v) is 12.9. The Morgan fingerprint density at radius 3 is 2.42 bits per heavy atom. The normalized spacial score (nSPS) is 10.9. The minimum Gasteiger partial charge on any atom is -0.399 e. The van der Waals surface area contributed by atoms with E-state index in [0.717, 1.165) is 23.2 Å². The molecule has 3 heteroatoms. The largest absolute Gasteiger partial charge is 0.399 e. The predicted molar refractivity (Wildman–Crippen MR) is 84.9 cm³/mol. The van der Waals surface area contributed by atoms with Crippen LogP contribution in [0.2, 0.25) is 0 Å². The summed E-state index contributed by atoms with van der Waals surface area (Å²) in [6, 6.07) is 14.5. The highest BCUT2D eigenvalue weighted by Crippen LogP contribution is 2.18. The summed E-state index contributed by atoms with van der Waals surface area (Å²) in [5.74, 6) is 0. The summed E-state index contributed by atoms with van der Waals surface area (Å²) < 4.78 is 1.13. The van der Waals surface area contributed by atoms with E-state index in [-0.39, 0.29) is 0 Å². The van der Waals surface area contributed by atoms with E-state index in [1.54, 1.807) is 0 Å². The molecule has 0 radical (unpaired) electrons. The molecule has 0 amide bonds. The molecule has 0 spiro atoms. The molecule has 0 aliphatic heterocycles. The number of anilines is 1. The van der Waals surface area contributed by atoms with Crippen LogP contribution in [-0.4, -0.2) is 11.9 Å². The van der Waals surface area contributed by atoms with Crippen molar-refractivity contribution in [2.75, 3.05) is 12.8 Å². The Labute approximate surface area is 123 Å². The van der Waals surface area contributed by atoms with Gasteiger partial charge in [-0.15, -0.1) is 0 Å². The summed E-state index contributed by atoms with van der Waals surface area (Å²) in [6.07, 6.45) is 0. The van der Waals surface area contributed by atoms with Crippen LogP contribution in [0.25, 0.3) is 0 Å². The van der Waals surface area contributed by atoms with Gasteiger partial charge in [-0.1, -0.05) is 34.1 Å². The fraction of sp³-hybridized carbons (Fsp3) is 0.250. The maximum atomic E-state index is 5.70. The van der Waals surface area contributed by atoms with Gasteiger partial charge in [-0.25, -0.2) is 0 Å². The lowest BCUT2D eigenvalue weighted by Gasteiger charge is -2.18. The van der Waals surface area contributed by atoms with Gasteiger partial charge in [0.05, 0.1) is 0 Å². The molecule has 2 aromatic rings. The maximum Gasteiger partial charge on any atom is 0.0314 e. The first-order valence-corrected chi connectivity index (χ1v) is 7.12. The Morgan fingerprint density at radius 1 is 1.05 bits per heavy atom. The van der Waals surface area contributed by atoms with Crippen LogP contribution in [-0.2, 0) is 13.1 Å². The lowest BCUT2D eigenvalue weighted by atomic mass is 10.1. The lowest BCUT2D eigenvalue weighted by Crippen LogP contribution is -2.17. The molecule has 2 aromatic carbocycles. The Balaban J connectivity index is 2.02. The van der Waals surface area contributed by atoms with Crippen LogP contribution >= 0.6 is 15.9 Å². The van der Waals surface area contributed by atoms with Crippen LogP contribution < -0.4 is 5.73 Å². The summed E-state index contributed by atoms with van der Waals surface area (Å²) in [4.78, 5) is 2.31. The van der Waals surface area contributed by atoms with Crippen LogP contribution in [0, 0.1) is 6.92 Å². The number of nitrogen functional groups attached to an aromatic ring is 1. The van der Waals surface area contributed by atoms with Gasteiger partial charge >= 0.3 is 0 Å². The highest BCUT2D eigenvalue weighted by molar-refractivity contribution is 9.10. The minimum atomic E-state index is 0.814. The Bertz CT molecular complexity index is 549. The van der Waals surface area contributed by atoms with E-state index in [4.69, 9.17) is 5.73 Å². The van der Waals surface area contributed by atoms with E-state index >= 15 is 0 Å². The maximum absolute atomic E-state index is 5.70. The van der Waals surface area contributed by atoms with E-state index in [9.17, 15) is 0 Å². The Morgan fingerprint density at radius 2 is 1.74 bits per heavy atom. The Kier molecular flexibility index (Phi) is 4.61. The molecule has 19 heavy (non-hydrogen) atoms. The molecule has 100 valence electrons. The number of halogens is 1. The molecule has 0 heterocycles. The summed E-state index contributed by atoms with van der Waals surface area (Å²) in [6.45, 7) is 4.01. The fourth-order valence-corrected chi connectivity index (χ4v) is 2.50. The van der Waals surface area contributed by atoms with E-state index < -0.39 is 0 Å². The van der Waals surface area contributed by atoms with Gasteiger partial charge in [0, 0.05) is 23.2 Å². The van der Waals surface area contributed by atoms with Crippen molar-refractivity contribution in [2.24, 2.45) is 0 Å². The van der Waals surface area contributed by atoms with Crippen LogP contribution in [0.5, 0.6) is 0 Å². The highest BCUT2D eigenvalue weighted by Gasteiger charge is 2.05. The van der Waals surface area contributed by atoms with Crippen molar-refractivity contribution in [3.63, 3.8) is 0 Å². The molecule has 0 aliphatic carbocycles. The van der Waals surface area contributed by atoms with Crippen molar-refractivity contribution in [3.05, 3.63) is 63.6 Å². The number of nitrogens with two attached hydrogens (primary N) is 1. The quantitative estimate of drug-likeness (QED) is 0.864. The highest BCUT2D eigenvalue weighted by atomic mass is 79.9. The molecule has 2 N–H and O–H groups in total. The van der Waals surface area contributed by atoms with E-state index in [2.05, 4.69) is 65.1 Å². The summed E-state index contributed by atoms with van der Waals surface area (Å²) in [7, 11) is 2.14. The molecular weight excluding hydrogens is 300 g/mol. The van der Waals surface area contributed by atoms with E-state index in [1.165, 1.54) is 16.7 Å². The number of rotatable bonds is 4. The molecule has 0 saturated heterocycles. The number of aryl methyl sites for hydroxylation is 1. The van der Waals surface area contributed by atoms with Crippen LogP contribution in [0.1, 0.15) is 16.7 Å². The van der Waals surface area contributed by atoms with Gasteiger partial charge in [0.2, 0.25) is 0 Å². The molecule has 0 bridgehead atoms. The van der Waals surface area contributed by atoms with Crippen molar-refractivity contribution in [3.8, 4) is 0 Å². The lowest BCUT2D eigenvalue weighted by molar-refractivity contribution is 0.318. The zero-order chi connectivity index (χ0) is 13.8. The van der Waals surface area contributed by atoms with E-state index in [0.29, 0.717) is 0 Å². The molecule has 2 nitrogen and oxygen atoms in total. The SMILES string of the molecule is Cc1ccc(Br)cc1CN(C)Cc1ccc(N)cc1. The van der Waals surface area contributed by atoms with Gasteiger partial charge in [0.25, 0.3) is 0 Å². The summed E-state index contributed by atoms with van der Waals surface area (Å²) in [5, 5.41) is 0. The van der Waals surface area contributed by atoms with Gasteiger partial charge < -0.3 is 5.73 Å². The van der Waals surface area contributed by atoms with Crippen LogP contribution in [0.15, 0.2) is 46.9 Å². The molecule has 0 fully saturated rings. The number of benzene rings is 2. The number of hydrogen-bond donors (Lipinski definition) is 1. The molecule has 0 aromatic heterocycles. The molecule has 0 unspecified atom stereocenters. The first kappa shape index (κ1) is 14.1. The summed E-state index contributed by atoms with van der Waals surface area (Å²) in [5.41, 5.74) is 10.5. The first-order valence-electron chi connectivity index (χ1n) is 6.32. The number of hydrogen-bond acceptors (Lipinski definition) is 2. The van der Waals surface area contributed by atoms with Gasteiger partial charge in [-0.05, 0) is 54.9 Å². The van der Waals surface area contributed by atoms with Crippen LogP contribution in [0.3, 0.4) is 0 Å². The second-order valence-corrected chi connectivity index (χ2v) is 5.90. The van der Waals surface area contributed by atoms with E-state index in [1.807, 2.05) is 12.1 Å². The Hall–Kier alpha value is -1.32. The second-order valence-electron chi connectivity index (χ2n) is 4.98. The van der Waals surface area contributed by atoms with Gasteiger partial charge in [0.15, 0.2) is 0 Å². The molecule has 2 rings (SSSR count). The number of nitrogens with zero attached hydrogens (tertiary/aromatic N) is 1.